The second kappa shape index (κ2) is 6.40. The fourth-order valence-corrected chi connectivity index (χ4v) is 4.08. The molecule has 5 heteroatoms. The maximum atomic E-state index is 12.6. The minimum Gasteiger partial charge on any atom is -0.492 e. The maximum absolute atomic E-state index is 12.6. The van der Waals surface area contributed by atoms with Gasteiger partial charge in [0.2, 0.25) is 10.0 Å². The molecular formula is C17H19NO3S. The number of nitrogens with zero attached hydrogens (tertiary/aromatic N) is 1. The topological polar surface area (TPSA) is 46.6 Å². The lowest BCUT2D eigenvalue weighted by atomic mass is 10.0. The third-order valence-corrected chi connectivity index (χ3v) is 5.49. The number of benzene rings is 2. The molecule has 0 saturated heterocycles. The van der Waals surface area contributed by atoms with E-state index < -0.39 is 10.0 Å². The fraction of sp³-hybridized carbons (Fsp3) is 0.294. The largest absolute Gasteiger partial charge is 0.492 e. The molecule has 0 bridgehead atoms. The van der Waals surface area contributed by atoms with Crippen molar-refractivity contribution in [2.45, 2.75) is 12.8 Å². The lowest BCUT2D eigenvalue weighted by molar-refractivity contribution is 0.340. The van der Waals surface area contributed by atoms with Crippen molar-refractivity contribution in [3.05, 3.63) is 60.2 Å². The predicted octanol–water partition coefficient (Wildman–Crippen LogP) is 2.85. The third kappa shape index (κ3) is 3.25. The number of ether oxygens (including phenoxy) is 1. The van der Waals surface area contributed by atoms with Crippen molar-refractivity contribution in [1.82, 2.24) is 0 Å². The monoisotopic (exact) mass is 317 g/mol. The number of anilines is 1. The molecule has 0 saturated carbocycles. The summed E-state index contributed by atoms with van der Waals surface area (Å²) in [5, 5.41) is 0. The van der Waals surface area contributed by atoms with E-state index in [2.05, 4.69) is 0 Å². The van der Waals surface area contributed by atoms with Gasteiger partial charge in [0.25, 0.3) is 0 Å². The van der Waals surface area contributed by atoms with Crippen LogP contribution in [0.5, 0.6) is 5.75 Å². The Bertz CT molecular complexity index is 729. The van der Waals surface area contributed by atoms with E-state index in [4.69, 9.17) is 4.74 Å². The van der Waals surface area contributed by atoms with Crippen LogP contribution in [-0.2, 0) is 16.4 Å². The van der Waals surface area contributed by atoms with Gasteiger partial charge in [-0.2, -0.15) is 0 Å². The molecule has 1 aliphatic rings. The maximum Gasteiger partial charge on any atom is 0.238 e. The highest BCUT2D eigenvalue weighted by Crippen LogP contribution is 2.29. The Morgan fingerprint density at radius 3 is 2.55 bits per heavy atom. The van der Waals surface area contributed by atoms with Crippen LogP contribution in [-0.4, -0.2) is 27.3 Å². The number of hydrogen-bond donors (Lipinski definition) is 0. The average Bonchev–Trinajstić information content (AvgIpc) is 2.55. The van der Waals surface area contributed by atoms with Crippen molar-refractivity contribution in [3.8, 4) is 5.75 Å². The van der Waals surface area contributed by atoms with Crippen molar-refractivity contribution in [2.75, 3.05) is 23.2 Å². The van der Waals surface area contributed by atoms with E-state index in [1.165, 1.54) is 4.31 Å². The SMILES string of the molecule is O=S(=O)(CCOc1ccccc1)N1CCCc2ccccc21. The van der Waals surface area contributed by atoms with E-state index in [1.807, 2.05) is 54.6 Å². The highest BCUT2D eigenvalue weighted by molar-refractivity contribution is 7.92. The summed E-state index contributed by atoms with van der Waals surface area (Å²) in [6.45, 7) is 0.704. The molecule has 1 aliphatic heterocycles. The quantitative estimate of drug-likeness (QED) is 0.852. The van der Waals surface area contributed by atoms with Gasteiger partial charge in [-0.1, -0.05) is 36.4 Å². The van der Waals surface area contributed by atoms with Crippen molar-refractivity contribution >= 4 is 15.7 Å². The van der Waals surface area contributed by atoms with Crippen LogP contribution in [0.25, 0.3) is 0 Å². The zero-order chi connectivity index (χ0) is 15.4. The Balaban J connectivity index is 1.69. The molecule has 2 aromatic carbocycles. The normalized spacial score (nSPS) is 14.5. The first-order valence-corrected chi connectivity index (χ1v) is 9.04. The predicted molar refractivity (Wildman–Crippen MR) is 87.8 cm³/mol. The molecule has 2 aromatic rings. The summed E-state index contributed by atoms with van der Waals surface area (Å²) in [5.74, 6) is 0.674. The van der Waals surface area contributed by atoms with Gasteiger partial charge >= 0.3 is 0 Å². The molecule has 0 fully saturated rings. The van der Waals surface area contributed by atoms with Crippen LogP contribution in [0.1, 0.15) is 12.0 Å². The number of sulfonamides is 1. The molecule has 3 rings (SSSR count). The Morgan fingerprint density at radius 1 is 1.00 bits per heavy atom. The van der Waals surface area contributed by atoms with Gasteiger partial charge in [-0.05, 0) is 36.6 Å². The van der Waals surface area contributed by atoms with Gasteiger partial charge in [-0.15, -0.1) is 0 Å². The fourth-order valence-electron chi connectivity index (χ4n) is 2.68. The molecule has 0 unspecified atom stereocenters. The lowest BCUT2D eigenvalue weighted by Crippen LogP contribution is -2.38. The van der Waals surface area contributed by atoms with Crippen LogP contribution in [0.2, 0.25) is 0 Å². The van der Waals surface area contributed by atoms with E-state index in [0.29, 0.717) is 12.3 Å². The lowest BCUT2D eigenvalue weighted by Gasteiger charge is -2.30. The number of aryl methyl sites for hydroxylation is 1. The number of para-hydroxylation sites is 2. The highest BCUT2D eigenvalue weighted by atomic mass is 32.2. The summed E-state index contributed by atoms with van der Waals surface area (Å²) in [7, 11) is -3.36. The van der Waals surface area contributed by atoms with Crippen molar-refractivity contribution in [1.29, 1.82) is 0 Å². The smallest absolute Gasteiger partial charge is 0.238 e. The van der Waals surface area contributed by atoms with Crippen molar-refractivity contribution < 1.29 is 13.2 Å². The molecule has 0 aliphatic carbocycles. The van der Waals surface area contributed by atoms with Crippen molar-refractivity contribution in [2.24, 2.45) is 0 Å². The molecule has 0 aromatic heterocycles. The van der Waals surface area contributed by atoms with Gasteiger partial charge in [0.05, 0.1) is 5.69 Å². The van der Waals surface area contributed by atoms with Gasteiger partial charge in [-0.3, -0.25) is 4.31 Å². The number of rotatable bonds is 5. The van der Waals surface area contributed by atoms with Crippen LogP contribution in [0, 0.1) is 0 Å². The van der Waals surface area contributed by atoms with Crippen LogP contribution in [0.3, 0.4) is 0 Å². The second-order valence-electron chi connectivity index (χ2n) is 5.28. The van der Waals surface area contributed by atoms with Crippen LogP contribution in [0.4, 0.5) is 5.69 Å². The second-order valence-corrected chi connectivity index (χ2v) is 7.29. The summed E-state index contributed by atoms with van der Waals surface area (Å²) >= 11 is 0. The standard InChI is InChI=1S/C17H19NO3S/c19-22(20,14-13-21-16-9-2-1-3-10-16)18-12-6-8-15-7-4-5-11-17(15)18/h1-5,7,9-11H,6,8,12-14H2. The average molecular weight is 317 g/mol. The number of fused-ring (bicyclic) bond motifs is 1. The summed E-state index contributed by atoms with van der Waals surface area (Å²) in [6, 6.07) is 17.0. The van der Waals surface area contributed by atoms with Crippen LogP contribution >= 0.6 is 0 Å². The molecule has 116 valence electrons. The van der Waals surface area contributed by atoms with Crippen LogP contribution in [0.15, 0.2) is 54.6 Å². The first-order chi connectivity index (χ1) is 10.7. The molecule has 1 heterocycles. The van der Waals surface area contributed by atoms with Gasteiger partial charge < -0.3 is 4.74 Å². The molecule has 22 heavy (non-hydrogen) atoms. The van der Waals surface area contributed by atoms with Crippen molar-refractivity contribution in [3.63, 3.8) is 0 Å². The highest BCUT2D eigenvalue weighted by Gasteiger charge is 2.26. The minimum atomic E-state index is -3.36. The molecule has 0 amide bonds. The first-order valence-electron chi connectivity index (χ1n) is 7.43. The Labute approximate surface area is 131 Å². The van der Waals surface area contributed by atoms with Gasteiger partial charge in [0.15, 0.2) is 0 Å². The Morgan fingerprint density at radius 2 is 1.73 bits per heavy atom. The van der Waals surface area contributed by atoms with E-state index in [9.17, 15) is 8.42 Å². The number of hydrogen-bond acceptors (Lipinski definition) is 3. The van der Waals surface area contributed by atoms with E-state index in [1.54, 1.807) is 0 Å². The zero-order valence-corrected chi connectivity index (χ0v) is 13.1. The molecule has 0 spiro atoms. The Hall–Kier alpha value is -2.01. The molecule has 0 radical (unpaired) electrons. The first kappa shape index (κ1) is 14.9. The summed E-state index contributed by atoms with van der Waals surface area (Å²) in [4.78, 5) is 0. The Kier molecular flexibility index (Phi) is 4.34. The summed E-state index contributed by atoms with van der Waals surface area (Å²) in [5.41, 5.74) is 1.91. The molecule has 4 nitrogen and oxygen atoms in total. The van der Waals surface area contributed by atoms with Crippen LogP contribution < -0.4 is 9.04 Å². The zero-order valence-electron chi connectivity index (χ0n) is 12.3. The third-order valence-electron chi connectivity index (χ3n) is 3.76. The summed E-state index contributed by atoms with van der Waals surface area (Å²) in [6.07, 6.45) is 1.79. The van der Waals surface area contributed by atoms with E-state index in [0.717, 1.165) is 24.1 Å². The molecular weight excluding hydrogens is 298 g/mol. The van der Waals surface area contributed by atoms with Gasteiger partial charge in [0.1, 0.15) is 18.1 Å². The van der Waals surface area contributed by atoms with E-state index >= 15 is 0 Å². The van der Waals surface area contributed by atoms with Gasteiger partial charge in [0, 0.05) is 6.54 Å². The molecule has 0 N–H and O–H groups in total. The van der Waals surface area contributed by atoms with E-state index in [-0.39, 0.29) is 12.4 Å². The molecule has 0 atom stereocenters. The van der Waals surface area contributed by atoms with Gasteiger partial charge in [-0.25, -0.2) is 8.42 Å². The summed E-state index contributed by atoms with van der Waals surface area (Å²) < 4.78 is 32.2. The minimum absolute atomic E-state index is 0.0176.